The van der Waals surface area contributed by atoms with Crippen molar-refractivity contribution >= 4 is 5.91 Å². The van der Waals surface area contributed by atoms with Crippen molar-refractivity contribution in [2.75, 3.05) is 27.2 Å². The van der Waals surface area contributed by atoms with Gasteiger partial charge in [0, 0.05) is 37.1 Å². The van der Waals surface area contributed by atoms with Crippen molar-refractivity contribution in [2.24, 2.45) is 0 Å². The Balaban J connectivity index is 1.58. The van der Waals surface area contributed by atoms with Gasteiger partial charge in [0.2, 0.25) is 0 Å². The predicted molar refractivity (Wildman–Crippen MR) is 90.8 cm³/mol. The molecule has 1 aliphatic heterocycles. The summed E-state index contributed by atoms with van der Waals surface area (Å²) >= 11 is 0. The average Bonchev–Trinajstić information content (AvgIpc) is 3.12. The number of likely N-dealkylation sites (N-methyl/N-ethyl adjacent to an activating group) is 1. The van der Waals surface area contributed by atoms with Crippen LogP contribution in [-0.2, 0) is 6.54 Å². The highest BCUT2D eigenvalue weighted by Crippen LogP contribution is 2.19. The van der Waals surface area contributed by atoms with Crippen LogP contribution in [0.2, 0.25) is 0 Å². The van der Waals surface area contributed by atoms with Crippen molar-refractivity contribution < 1.29 is 9.53 Å². The number of carbonyl (C=O) groups excluding carboxylic acids is 1. The maximum absolute atomic E-state index is 12.6. The van der Waals surface area contributed by atoms with Gasteiger partial charge in [-0.05, 0) is 43.8 Å². The molecule has 1 aromatic heterocycles. The van der Waals surface area contributed by atoms with Crippen LogP contribution in [0.25, 0.3) is 0 Å². The maximum atomic E-state index is 12.6. The maximum Gasteiger partial charge on any atom is 0.253 e. The van der Waals surface area contributed by atoms with E-state index in [0.717, 1.165) is 31.1 Å². The summed E-state index contributed by atoms with van der Waals surface area (Å²) in [6.07, 6.45) is 4.47. The highest BCUT2D eigenvalue weighted by atomic mass is 16.5. The fourth-order valence-corrected chi connectivity index (χ4v) is 2.97. The second-order valence-corrected chi connectivity index (χ2v) is 6.00. The van der Waals surface area contributed by atoms with Gasteiger partial charge in [0.05, 0.1) is 13.7 Å². The first-order valence-corrected chi connectivity index (χ1v) is 8.07. The number of ether oxygens (including phenoxy) is 1. The number of hydrogen-bond acceptors (Lipinski definition) is 5. The van der Waals surface area contributed by atoms with E-state index in [9.17, 15) is 4.79 Å². The molecular weight excluding hydrogens is 304 g/mol. The van der Waals surface area contributed by atoms with E-state index >= 15 is 0 Å². The second-order valence-electron chi connectivity index (χ2n) is 6.00. The molecular formula is C18H22N4O2. The molecule has 1 saturated heterocycles. The van der Waals surface area contributed by atoms with E-state index in [1.54, 1.807) is 19.5 Å². The highest BCUT2D eigenvalue weighted by molar-refractivity contribution is 5.94. The van der Waals surface area contributed by atoms with Gasteiger partial charge in [-0.1, -0.05) is 0 Å². The van der Waals surface area contributed by atoms with Gasteiger partial charge < -0.3 is 9.64 Å². The molecule has 0 bridgehead atoms. The largest absolute Gasteiger partial charge is 0.497 e. The summed E-state index contributed by atoms with van der Waals surface area (Å²) in [4.78, 5) is 25.3. The molecule has 2 heterocycles. The Morgan fingerprint density at radius 1 is 1.29 bits per heavy atom. The third-order valence-corrected chi connectivity index (χ3v) is 4.42. The van der Waals surface area contributed by atoms with Gasteiger partial charge in [0.15, 0.2) is 0 Å². The molecule has 126 valence electrons. The lowest BCUT2D eigenvalue weighted by atomic mass is 10.2. The Morgan fingerprint density at radius 3 is 2.67 bits per heavy atom. The van der Waals surface area contributed by atoms with Gasteiger partial charge >= 0.3 is 0 Å². The van der Waals surface area contributed by atoms with Crippen LogP contribution in [0.5, 0.6) is 5.75 Å². The van der Waals surface area contributed by atoms with Crippen LogP contribution >= 0.6 is 0 Å². The van der Waals surface area contributed by atoms with Crippen molar-refractivity contribution in [3.63, 3.8) is 0 Å². The molecule has 0 unspecified atom stereocenters. The minimum Gasteiger partial charge on any atom is -0.497 e. The Bertz CT molecular complexity index is 675. The number of hydrogen-bond donors (Lipinski definition) is 0. The summed E-state index contributed by atoms with van der Waals surface area (Å²) < 4.78 is 5.14. The van der Waals surface area contributed by atoms with Crippen molar-refractivity contribution in [1.29, 1.82) is 0 Å². The topological polar surface area (TPSA) is 58.6 Å². The first-order chi connectivity index (χ1) is 11.7. The van der Waals surface area contributed by atoms with Crippen LogP contribution in [0, 0.1) is 0 Å². The predicted octanol–water partition coefficient (Wildman–Crippen LogP) is 1.83. The number of nitrogens with zero attached hydrogens (tertiary/aromatic N) is 4. The summed E-state index contributed by atoms with van der Waals surface area (Å²) in [6.45, 7) is 2.19. The zero-order valence-electron chi connectivity index (χ0n) is 14.1. The highest BCUT2D eigenvalue weighted by Gasteiger charge is 2.29. The molecule has 2 aromatic rings. The van der Waals surface area contributed by atoms with Gasteiger partial charge in [-0.25, -0.2) is 9.97 Å². The Kier molecular flexibility index (Phi) is 5.05. The number of methoxy groups -OCH3 is 1. The number of rotatable bonds is 5. The molecule has 6 nitrogen and oxygen atoms in total. The lowest BCUT2D eigenvalue weighted by molar-refractivity contribution is 0.0779. The molecule has 1 aromatic carbocycles. The van der Waals surface area contributed by atoms with Crippen LogP contribution in [-0.4, -0.2) is 59.0 Å². The zero-order valence-corrected chi connectivity index (χ0v) is 14.1. The molecule has 0 saturated carbocycles. The molecule has 0 spiro atoms. The van der Waals surface area contributed by atoms with E-state index < -0.39 is 0 Å². The molecule has 6 heteroatoms. The van der Waals surface area contributed by atoms with E-state index in [1.807, 2.05) is 35.2 Å². The van der Waals surface area contributed by atoms with Crippen LogP contribution in [0.15, 0.2) is 42.7 Å². The molecule has 0 N–H and O–H groups in total. The Hall–Kier alpha value is -2.47. The van der Waals surface area contributed by atoms with Gasteiger partial charge in [-0.15, -0.1) is 0 Å². The van der Waals surface area contributed by atoms with E-state index in [1.165, 1.54) is 0 Å². The van der Waals surface area contributed by atoms with Gasteiger partial charge in [-0.3, -0.25) is 9.69 Å². The SMILES string of the molecule is COc1ccc(C(=O)N2CC[C@H](N(C)Cc3ncccn3)C2)cc1. The molecule has 0 aliphatic carbocycles. The normalized spacial score (nSPS) is 17.3. The quantitative estimate of drug-likeness (QED) is 0.839. The Labute approximate surface area is 142 Å². The standard InChI is InChI=1S/C18H22N4O2/c1-21(13-17-19-9-3-10-20-17)15-8-11-22(12-15)18(23)14-4-6-16(24-2)7-5-14/h3-7,9-10,15H,8,11-13H2,1-2H3/t15-/m0/s1. The number of carbonyl (C=O) groups is 1. The van der Waals surface area contributed by atoms with Crippen LogP contribution in [0.1, 0.15) is 22.6 Å². The molecule has 1 atom stereocenters. The second kappa shape index (κ2) is 7.40. The van der Waals surface area contributed by atoms with Crippen LogP contribution in [0.3, 0.4) is 0 Å². The van der Waals surface area contributed by atoms with Crippen molar-refractivity contribution in [2.45, 2.75) is 19.0 Å². The summed E-state index contributed by atoms with van der Waals surface area (Å²) in [7, 11) is 3.68. The smallest absolute Gasteiger partial charge is 0.253 e. The number of amides is 1. The molecule has 3 rings (SSSR count). The molecule has 1 amide bonds. The average molecular weight is 326 g/mol. The molecule has 1 aliphatic rings. The summed E-state index contributed by atoms with van der Waals surface area (Å²) in [5.41, 5.74) is 0.700. The monoisotopic (exact) mass is 326 g/mol. The minimum absolute atomic E-state index is 0.0736. The summed E-state index contributed by atoms with van der Waals surface area (Å²) in [5, 5.41) is 0. The summed E-state index contributed by atoms with van der Waals surface area (Å²) in [6, 6.07) is 9.41. The number of aromatic nitrogens is 2. The van der Waals surface area contributed by atoms with Crippen LogP contribution in [0.4, 0.5) is 0 Å². The molecule has 24 heavy (non-hydrogen) atoms. The lowest BCUT2D eigenvalue weighted by Crippen LogP contribution is -2.36. The molecule has 0 radical (unpaired) electrons. The fraction of sp³-hybridized carbons (Fsp3) is 0.389. The third kappa shape index (κ3) is 3.71. The van der Waals surface area contributed by atoms with Crippen molar-refractivity contribution in [3.05, 3.63) is 54.1 Å². The van der Waals surface area contributed by atoms with Crippen molar-refractivity contribution in [3.8, 4) is 5.75 Å². The van der Waals surface area contributed by atoms with Gasteiger partial charge in [-0.2, -0.15) is 0 Å². The van der Waals surface area contributed by atoms with E-state index in [0.29, 0.717) is 18.2 Å². The minimum atomic E-state index is 0.0736. The van der Waals surface area contributed by atoms with Gasteiger partial charge in [0.1, 0.15) is 11.6 Å². The van der Waals surface area contributed by atoms with Crippen molar-refractivity contribution in [1.82, 2.24) is 19.8 Å². The summed E-state index contributed by atoms with van der Waals surface area (Å²) in [5.74, 6) is 1.64. The first kappa shape index (κ1) is 16.4. The fourth-order valence-electron chi connectivity index (χ4n) is 2.97. The van der Waals surface area contributed by atoms with E-state index in [2.05, 4.69) is 21.9 Å². The Morgan fingerprint density at radius 2 is 2.00 bits per heavy atom. The van der Waals surface area contributed by atoms with E-state index in [-0.39, 0.29) is 5.91 Å². The van der Waals surface area contributed by atoms with Gasteiger partial charge in [0.25, 0.3) is 5.91 Å². The lowest BCUT2D eigenvalue weighted by Gasteiger charge is -2.24. The van der Waals surface area contributed by atoms with Crippen LogP contribution < -0.4 is 4.74 Å². The number of likely N-dealkylation sites (tertiary alicyclic amines) is 1. The zero-order chi connectivity index (χ0) is 16.9. The molecule has 1 fully saturated rings. The van der Waals surface area contributed by atoms with E-state index in [4.69, 9.17) is 4.74 Å². The third-order valence-electron chi connectivity index (χ3n) is 4.42. The first-order valence-electron chi connectivity index (χ1n) is 8.07. The number of benzene rings is 1.